The Morgan fingerprint density at radius 3 is 2.96 bits per heavy atom. The van der Waals surface area contributed by atoms with E-state index in [2.05, 4.69) is 15.0 Å². The van der Waals surface area contributed by atoms with Gasteiger partial charge in [-0.1, -0.05) is 6.08 Å². The lowest BCUT2D eigenvalue weighted by molar-refractivity contribution is 0.401. The molecule has 0 aromatic heterocycles. The molecule has 0 fully saturated rings. The van der Waals surface area contributed by atoms with Gasteiger partial charge in [-0.25, -0.2) is 0 Å². The van der Waals surface area contributed by atoms with E-state index in [1.54, 1.807) is 55.3 Å². The van der Waals surface area contributed by atoms with Gasteiger partial charge in [-0.15, -0.1) is 0 Å². The van der Waals surface area contributed by atoms with Crippen molar-refractivity contribution in [2.45, 2.75) is 0 Å². The van der Waals surface area contributed by atoms with Crippen molar-refractivity contribution in [3.63, 3.8) is 0 Å². The Labute approximate surface area is 134 Å². The molecule has 2 aliphatic heterocycles. The summed E-state index contributed by atoms with van der Waals surface area (Å²) in [5.41, 5.74) is 1.28. The SMILES string of the molecule is N#CC1=CO/C=C\C=C\N=CC=N/C=C2\C=NCN2/C=C\C=C1. The van der Waals surface area contributed by atoms with Crippen LogP contribution in [0, 0.1) is 11.3 Å². The van der Waals surface area contributed by atoms with Crippen molar-refractivity contribution in [1.29, 1.82) is 5.26 Å². The molecule has 0 N–H and O–H groups in total. The fraction of sp³-hybridized carbons (Fsp3) is 0.0588. The highest BCUT2D eigenvalue weighted by atomic mass is 16.5. The molecule has 2 rings (SSSR count). The zero-order chi connectivity index (χ0) is 16.2. The van der Waals surface area contributed by atoms with E-state index >= 15 is 0 Å². The third-order valence-corrected chi connectivity index (χ3v) is 2.65. The van der Waals surface area contributed by atoms with Gasteiger partial charge in [-0.3, -0.25) is 15.0 Å². The lowest BCUT2D eigenvalue weighted by Crippen LogP contribution is -2.10. The Hall–Kier alpha value is -3.46. The molecule has 6 heteroatoms. The smallest absolute Gasteiger partial charge is 0.114 e. The molecule has 0 amide bonds. The van der Waals surface area contributed by atoms with Crippen LogP contribution in [0.15, 0.2) is 87.8 Å². The number of fused-ring (bicyclic) bond motifs is 1. The van der Waals surface area contributed by atoms with Crippen LogP contribution in [0.5, 0.6) is 0 Å². The predicted octanol–water partition coefficient (Wildman–Crippen LogP) is 2.85. The van der Waals surface area contributed by atoms with E-state index in [-0.39, 0.29) is 0 Å². The number of aliphatic imine (C=N–C) groups is 3. The van der Waals surface area contributed by atoms with Crippen molar-refractivity contribution in [2.75, 3.05) is 6.67 Å². The maximum absolute atomic E-state index is 9.01. The van der Waals surface area contributed by atoms with Gasteiger partial charge >= 0.3 is 0 Å². The molecule has 6 nitrogen and oxygen atoms in total. The molecule has 0 atom stereocenters. The maximum Gasteiger partial charge on any atom is 0.114 e. The maximum atomic E-state index is 9.01. The van der Waals surface area contributed by atoms with E-state index in [0.717, 1.165) is 5.70 Å². The highest BCUT2D eigenvalue weighted by Gasteiger charge is 2.08. The third-order valence-electron chi connectivity index (χ3n) is 2.65. The molecule has 0 aromatic carbocycles. The highest BCUT2D eigenvalue weighted by Crippen LogP contribution is 2.09. The molecule has 114 valence electrons. The van der Waals surface area contributed by atoms with E-state index < -0.39 is 0 Å². The summed E-state index contributed by atoms with van der Waals surface area (Å²) < 4.78 is 5.14. The summed E-state index contributed by atoms with van der Waals surface area (Å²) in [6.07, 6.45) is 21.5. The summed E-state index contributed by atoms with van der Waals surface area (Å²) in [7, 11) is 0. The minimum Gasteiger partial charge on any atom is -0.471 e. The molecule has 23 heavy (non-hydrogen) atoms. The molecular formula is C17H15N5O. The Morgan fingerprint density at radius 1 is 1.13 bits per heavy atom. The Bertz CT molecular complexity index is 712. The average Bonchev–Trinajstić information content (AvgIpc) is 3.01. The summed E-state index contributed by atoms with van der Waals surface area (Å²) >= 11 is 0. The van der Waals surface area contributed by atoms with E-state index in [9.17, 15) is 0 Å². The van der Waals surface area contributed by atoms with Crippen LogP contribution in [0.3, 0.4) is 0 Å². The number of hydrogen-bond donors (Lipinski definition) is 0. The number of ether oxygens (including phenoxy) is 1. The zero-order valence-electron chi connectivity index (χ0n) is 12.4. The topological polar surface area (TPSA) is 73.3 Å². The molecule has 0 saturated heterocycles. The molecular weight excluding hydrogens is 290 g/mol. The van der Waals surface area contributed by atoms with E-state index in [0.29, 0.717) is 12.2 Å². The molecule has 0 spiro atoms. The third kappa shape index (κ3) is 5.81. The number of hydrogen-bond acceptors (Lipinski definition) is 6. The second kappa shape index (κ2) is 9.47. The van der Waals surface area contributed by atoms with Gasteiger partial charge in [0.25, 0.3) is 0 Å². The Kier molecular flexibility index (Phi) is 6.56. The van der Waals surface area contributed by atoms with Crippen LogP contribution >= 0.6 is 0 Å². The zero-order valence-corrected chi connectivity index (χ0v) is 12.4. The monoisotopic (exact) mass is 305 g/mol. The van der Waals surface area contributed by atoms with Gasteiger partial charge in [-0.05, 0) is 24.3 Å². The number of nitrogens with zero attached hydrogens (tertiary/aromatic N) is 5. The number of allylic oxidation sites excluding steroid dienone is 7. The summed E-state index contributed by atoms with van der Waals surface area (Å²) in [4.78, 5) is 14.3. The molecule has 0 saturated carbocycles. The Morgan fingerprint density at radius 2 is 2.04 bits per heavy atom. The van der Waals surface area contributed by atoms with Crippen molar-refractivity contribution in [2.24, 2.45) is 15.0 Å². The van der Waals surface area contributed by atoms with Gasteiger partial charge < -0.3 is 9.64 Å². The molecule has 0 bridgehead atoms. The van der Waals surface area contributed by atoms with Gasteiger partial charge in [0.2, 0.25) is 0 Å². The summed E-state index contributed by atoms with van der Waals surface area (Å²) in [5.74, 6) is 0. The van der Waals surface area contributed by atoms with Gasteiger partial charge in [0, 0.05) is 31.0 Å². The van der Waals surface area contributed by atoms with Gasteiger partial charge in [0.15, 0.2) is 0 Å². The minimum absolute atomic E-state index is 0.403. The quantitative estimate of drug-likeness (QED) is 0.690. The fourth-order valence-electron chi connectivity index (χ4n) is 1.58. The van der Waals surface area contributed by atoms with Gasteiger partial charge in [0.05, 0.1) is 23.7 Å². The minimum atomic E-state index is 0.403. The van der Waals surface area contributed by atoms with Crippen LogP contribution in [-0.2, 0) is 4.74 Å². The molecule has 0 radical (unpaired) electrons. The first-order valence-electron chi connectivity index (χ1n) is 6.84. The van der Waals surface area contributed by atoms with E-state index in [1.807, 2.05) is 23.2 Å². The first-order valence-corrected chi connectivity index (χ1v) is 6.84. The van der Waals surface area contributed by atoms with Crippen LogP contribution in [0.25, 0.3) is 0 Å². The molecule has 0 aliphatic carbocycles. The molecule has 2 aliphatic rings. The van der Waals surface area contributed by atoms with Crippen LogP contribution in [0.2, 0.25) is 0 Å². The molecule has 2 heterocycles. The normalized spacial score (nSPS) is 24.2. The van der Waals surface area contributed by atoms with Crippen LogP contribution in [0.1, 0.15) is 0 Å². The summed E-state index contributed by atoms with van der Waals surface area (Å²) in [6, 6.07) is 2.04. The van der Waals surface area contributed by atoms with Crippen LogP contribution in [-0.4, -0.2) is 30.2 Å². The Balaban J connectivity index is 2.19. The van der Waals surface area contributed by atoms with E-state index in [1.165, 1.54) is 12.5 Å². The van der Waals surface area contributed by atoms with Crippen LogP contribution in [0.4, 0.5) is 0 Å². The number of rotatable bonds is 0. The van der Waals surface area contributed by atoms with Crippen molar-refractivity contribution in [1.82, 2.24) is 4.90 Å². The molecule has 0 unspecified atom stereocenters. The first-order chi connectivity index (χ1) is 11.4. The highest BCUT2D eigenvalue weighted by molar-refractivity contribution is 6.16. The second-order valence-corrected chi connectivity index (χ2v) is 4.26. The number of nitriles is 1. The second-order valence-electron chi connectivity index (χ2n) is 4.26. The summed E-state index contributed by atoms with van der Waals surface area (Å²) in [5, 5.41) is 9.01. The van der Waals surface area contributed by atoms with Gasteiger partial charge in [0.1, 0.15) is 19.0 Å². The largest absolute Gasteiger partial charge is 0.471 e. The predicted molar refractivity (Wildman–Crippen MR) is 91.6 cm³/mol. The molecule has 0 aromatic rings. The first kappa shape index (κ1) is 15.9. The van der Waals surface area contributed by atoms with E-state index in [4.69, 9.17) is 10.00 Å². The van der Waals surface area contributed by atoms with Crippen molar-refractivity contribution >= 4 is 18.6 Å². The fourth-order valence-corrected chi connectivity index (χ4v) is 1.58. The lowest BCUT2D eigenvalue weighted by atomic mass is 10.3. The van der Waals surface area contributed by atoms with Crippen molar-refractivity contribution < 1.29 is 4.74 Å². The average molecular weight is 305 g/mol. The standard InChI is InChI=1S/C17H15N5O/c18-11-16-5-1-3-9-22-15-21-13-17(22)12-20-8-7-19-6-2-4-10-23-14-16/h1-10,12-14H,15H2/b5-1?,6-2+,9-3-,10-4-,16-14?,17-12+,19-7?,20-8?. The van der Waals surface area contributed by atoms with Gasteiger partial charge in [-0.2, -0.15) is 5.26 Å². The lowest BCUT2D eigenvalue weighted by Gasteiger charge is -2.10. The van der Waals surface area contributed by atoms with Crippen molar-refractivity contribution in [3.8, 4) is 6.07 Å². The van der Waals surface area contributed by atoms with Crippen LogP contribution < -0.4 is 0 Å². The summed E-state index contributed by atoms with van der Waals surface area (Å²) in [6.45, 7) is 0.539. The van der Waals surface area contributed by atoms with Crippen molar-refractivity contribution in [3.05, 3.63) is 72.8 Å².